The summed E-state index contributed by atoms with van der Waals surface area (Å²) in [5.41, 5.74) is 3.49. The lowest BCUT2D eigenvalue weighted by Crippen LogP contribution is -2.38. The van der Waals surface area contributed by atoms with Crippen LogP contribution in [-0.2, 0) is 11.3 Å². The quantitative estimate of drug-likeness (QED) is 0.352. The third-order valence-electron chi connectivity index (χ3n) is 4.50. The van der Waals surface area contributed by atoms with Gasteiger partial charge in [-0.05, 0) is 52.2 Å². The summed E-state index contributed by atoms with van der Waals surface area (Å²) in [4.78, 5) is 4.66. The topological polar surface area (TPSA) is 63.5 Å². The van der Waals surface area contributed by atoms with Crippen molar-refractivity contribution in [2.24, 2.45) is 4.99 Å². The Labute approximate surface area is 169 Å². The van der Waals surface area contributed by atoms with E-state index < -0.39 is 0 Å². The molecule has 2 rings (SSSR count). The minimum absolute atomic E-state index is 0.123. The zero-order chi connectivity index (χ0) is 20.2. The highest BCUT2D eigenvalue weighted by Crippen LogP contribution is 2.15. The Hall–Kier alpha value is -2.34. The van der Waals surface area contributed by atoms with Crippen LogP contribution in [0.15, 0.2) is 41.4 Å². The van der Waals surface area contributed by atoms with Crippen molar-refractivity contribution in [3.05, 3.63) is 53.3 Å². The molecular weight excluding hydrogens is 350 g/mol. The zero-order valence-corrected chi connectivity index (χ0v) is 17.7. The Morgan fingerprint density at radius 1 is 1.18 bits per heavy atom. The Morgan fingerprint density at radius 2 is 1.96 bits per heavy atom. The number of ether oxygens (including phenoxy) is 1. The fourth-order valence-electron chi connectivity index (χ4n) is 3.01. The zero-order valence-electron chi connectivity index (χ0n) is 17.7. The highest BCUT2D eigenvalue weighted by Gasteiger charge is 2.04. The second-order valence-electron chi connectivity index (χ2n) is 6.97. The SMILES string of the molecule is CCNC(=NCCCn1nc(C)cc1C)NCCCOC(C)c1ccccc1. The molecule has 28 heavy (non-hydrogen) atoms. The van der Waals surface area contributed by atoms with E-state index in [9.17, 15) is 0 Å². The number of nitrogens with one attached hydrogen (secondary N) is 2. The van der Waals surface area contributed by atoms with Crippen LogP contribution in [0.5, 0.6) is 0 Å². The van der Waals surface area contributed by atoms with Gasteiger partial charge in [0.15, 0.2) is 5.96 Å². The van der Waals surface area contributed by atoms with Gasteiger partial charge in [-0.25, -0.2) is 0 Å². The summed E-state index contributed by atoms with van der Waals surface area (Å²) >= 11 is 0. The molecule has 1 unspecified atom stereocenters. The maximum atomic E-state index is 5.92. The summed E-state index contributed by atoms with van der Waals surface area (Å²) in [6, 6.07) is 12.4. The molecule has 0 aliphatic heterocycles. The molecule has 0 aliphatic rings. The molecule has 1 aromatic heterocycles. The number of hydrogen-bond acceptors (Lipinski definition) is 3. The van der Waals surface area contributed by atoms with Gasteiger partial charge in [0.25, 0.3) is 0 Å². The van der Waals surface area contributed by atoms with E-state index in [-0.39, 0.29) is 6.10 Å². The molecule has 6 heteroatoms. The minimum Gasteiger partial charge on any atom is -0.374 e. The van der Waals surface area contributed by atoms with E-state index in [4.69, 9.17) is 4.74 Å². The largest absolute Gasteiger partial charge is 0.374 e. The lowest BCUT2D eigenvalue weighted by atomic mass is 10.1. The van der Waals surface area contributed by atoms with Gasteiger partial charge in [0, 0.05) is 38.5 Å². The summed E-state index contributed by atoms with van der Waals surface area (Å²) in [5.74, 6) is 0.868. The number of aliphatic imine (C=N–C) groups is 1. The van der Waals surface area contributed by atoms with Crippen molar-refractivity contribution in [3.8, 4) is 0 Å². The first-order valence-corrected chi connectivity index (χ1v) is 10.3. The number of nitrogens with zero attached hydrogens (tertiary/aromatic N) is 3. The van der Waals surface area contributed by atoms with Gasteiger partial charge >= 0.3 is 0 Å². The van der Waals surface area contributed by atoms with Crippen molar-refractivity contribution in [2.45, 2.75) is 53.2 Å². The van der Waals surface area contributed by atoms with Crippen LogP contribution in [0, 0.1) is 13.8 Å². The molecule has 6 nitrogen and oxygen atoms in total. The van der Waals surface area contributed by atoms with Crippen molar-refractivity contribution < 1.29 is 4.74 Å². The smallest absolute Gasteiger partial charge is 0.191 e. The van der Waals surface area contributed by atoms with E-state index in [0.717, 1.165) is 57.3 Å². The third kappa shape index (κ3) is 7.72. The number of aromatic nitrogens is 2. The van der Waals surface area contributed by atoms with E-state index >= 15 is 0 Å². The molecule has 0 fully saturated rings. The van der Waals surface area contributed by atoms with Gasteiger partial charge in [-0.3, -0.25) is 9.67 Å². The van der Waals surface area contributed by atoms with Gasteiger partial charge in [-0.15, -0.1) is 0 Å². The molecule has 0 aliphatic carbocycles. The molecule has 0 radical (unpaired) electrons. The van der Waals surface area contributed by atoms with Crippen molar-refractivity contribution in [2.75, 3.05) is 26.2 Å². The van der Waals surface area contributed by atoms with E-state index in [1.165, 1.54) is 11.3 Å². The van der Waals surface area contributed by atoms with Crippen molar-refractivity contribution >= 4 is 5.96 Å². The van der Waals surface area contributed by atoms with E-state index in [2.05, 4.69) is 64.4 Å². The summed E-state index contributed by atoms with van der Waals surface area (Å²) in [6.45, 7) is 12.4. The number of rotatable bonds is 11. The molecule has 2 aromatic rings. The molecule has 1 atom stereocenters. The minimum atomic E-state index is 0.123. The first-order valence-electron chi connectivity index (χ1n) is 10.3. The Kier molecular flexibility index (Phi) is 9.55. The van der Waals surface area contributed by atoms with Gasteiger partial charge in [0.1, 0.15) is 0 Å². The van der Waals surface area contributed by atoms with Crippen molar-refractivity contribution in [3.63, 3.8) is 0 Å². The first kappa shape index (κ1) is 22.0. The second-order valence-corrected chi connectivity index (χ2v) is 6.97. The highest BCUT2D eigenvalue weighted by atomic mass is 16.5. The molecule has 0 amide bonds. The summed E-state index contributed by atoms with van der Waals surface area (Å²) in [7, 11) is 0. The predicted octanol–water partition coefficient (Wildman–Crippen LogP) is 3.61. The molecule has 0 saturated heterocycles. The van der Waals surface area contributed by atoms with Gasteiger partial charge in [-0.1, -0.05) is 30.3 Å². The second kappa shape index (κ2) is 12.2. The van der Waals surface area contributed by atoms with Crippen LogP contribution in [0.4, 0.5) is 0 Å². The molecule has 0 bridgehead atoms. The Balaban J connectivity index is 1.64. The van der Waals surface area contributed by atoms with Gasteiger partial charge in [-0.2, -0.15) is 5.10 Å². The van der Waals surface area contributed by atoms with Gasteiger partial charge in [0.2, 0.25) is 0 Å². The van der Waals surface area contributed by atoms with Crippen LogP contribution in [0.25, 0.3) is 0 Å². The maximum absolute atomic E-state index is 5.92. The van der Waals surface area contributed by atoms with Crippen LogP contribution in [0.2, 0.25) is 0 Å². The van der Waals surface area contributed by atoms with Crippen LogP contribution < -0.4 is 10.6 Å². The van der Waals surface area contributed by atoms with Crippen LogP contribution in [-0.4, -0.2) is 42.0 Å². The average Bonchev–Trinajstić information content (AvgIpc) is 3.02. The molecule has 1 heterocycles. The molecular formula is C22H35N5O. The lowest BCUT2D eigenvalue weighted by molar-refractivity contribution is 0.0646. The van der Waals surface area contributed by atoms with Crippen molar-refractivity contribution in [1.82, 2.24) is 20.4 Å². The summed E-state index contributed by atoms with van der Waals surface area (Å²) < 4.78 is 7.97. The number of guanidine groups is 1. The third-order valence-corrected chi connectivity index (χ3v) is 4.50. The van der Waals surface area contributed by atoms with E-state index in [0.29, 0.717) is 0 Å². The summed E-state index contributed by atoms with van der Waals surface area (Å²) in [6.07, 6.45) is 2.03. The molecule has 1 aromatic carbocycles. The average molecular weight is 386 g/mol. The van der Waals surface area contributed by atoms with Crippen molar-refractivity contribution in [1.29, 1.82) is 0 Å². The normalized spacial score (nSPS) is 12.8. The fraction of sp³-hybridized carbons (Fsp3) is 0.545. The van der Waals surface area contributed by atoms with E-state index in [1.807, 2.05) is 25.1 Å². The van der Waals surface area contributed by atoms with Crippen LogP contribution in [0.3, 0.4) is 0 Å². The molecule has 0 saturated carbocycles. The number of hydrogen-bond donors (Lipinski definition) is 2. The van der Waals surface area contributed by atoms with Crippen LogP contribution >= 0.6 is 0 Å². The summed E-state index contributed by atoms with van der Waals surface area (Å²) in [5, 5.41) is 11.2. The lowest BCUT2D eigenvalue weighted by Gasteiger charge is -2.14. The monoisotopic (exact) mass is 385 g/mol. The Morgan fingerprint density at radius 3 is 2.64 bits per heavy atom. The molecule has 0 spiro atoms. The van der Waals surface area contributed by atoms with Gasteiger partial charge in [0.05, 0.1) is 11.8 Å². The standard InChI is InChI=1S/C22H35N5O/c1-5-23-22(24-13-9-15-27-19(3)17-18(2)26-27)25-14-10-16-28-20(4)21-11-7-6-8-12-21/h6-8,11-12,17,20H,5,9-10,13-16H2,1-4H3,(H2,23,24,25). The molecule has 2 N–H and O–H groups in total. The van der Waals surface area contributed by atoms with Gasteiger partial charge < -0.3 is 15.4 Å². The predicted molar refractivity (Wildman–Crippen MR) is 116 cm³/mol. The Bertz CT molecular complexity index is 711. The fourth-order valence-corrected chi connectivity index (χ4v) is 3.01. The number of aryl methyl sites for hydroxylation is 3. The molecule has 154 valence electrons. The van der Waals surface area contributed by atoms with Crippen LogP contribution in [0.1, 0.15) is 49.7 Å². The number of benzene rings is 1. The highest BCUT2D eigenvalue weighted by molar-refractivity contribution is 5.79. The first-order chi connectivity index (χ1) is 13.6. The maximum Gasteiger partial charge on any atom is 0.191 e. The van der Waals surface area contributed by atoms with E-state index in [1.54, 1.807) is 0 Å².